The molecule has 8 nitrogen and oxygen atoms in total. The maximum Gasteiger partial charge on any atom is 0.306 e. The van der Waals surface area contributed by atoms with Crippen LogP contribution in [0.15, 0.2) is 0 Å². The van der Waals surface area contributed by atoms with Crippen molar-refractivity contribution in [2.75, 3.05) is 21.2 Å². The van der Waals surface area contributed by atoms with Crippen molar-refractivity contribution in [3.8, 4) is 0 Å². The second kappa shape index (κ2) is 12.8. The van der Waals surface area contributed by atoms with Gasteiger partial charge in [-0.3, -0.25) is 19.3 Å². The van der Waals surface area contributed by atoms with Gasteiger partial charge >= 0.3 is 5.97 Å². The summed E-state index contributed by atoms with van der Waals surface area (Å²) in [4.78, 5) is 38.9. The molecule has 0 aliphatic carbocycles. The van der Waals surface area contributed by atoms with Crippen LogP contribution in [0.4, 0.5) is 0 Å². The molecule has 0 saturated carbocycles. The first kappa shape index (κ1) is 27.3. The number of aliphatic carboxylic acids is 1. The molecule has 0 aliphatic rings. The van der Waals surface area contributed by atoms with E-state index in [1.54, 1.807) is 0 Å². The van der Waals surface area contributed by atoms with Gasteiger partial charge in [-0.2, -0.15) is 0 Å². The summed E-state index contributed by atoms with van der Waals surface area (Å²) in [6, 6.07) is -1.55. The lowest BCUT2D eigenvalue weighted by Gasteiger charge is -2.34. The Morgan fingerprint density at radius 1 is 0.966 bits per heavy atom. The lowest BCUT2D eigenvalue weighted by molar-refractivity contribution is -0.141. The molecule has 5 atom stereocenters. The molecule has 0 fully saturated rings. The fourth-order valence-electron chi connectivity index (χ4n) is 3.55. The largest absolute Gasteiger partial charge is 0.481 e. The SMILES string of the molecule is CC[C@H](C)[C@H](NC(=O)[C@@H](NC(=O)[C@H](C(C)C)N(C)C)C(C)C)[C@@H](CC(=O)O)OC. The number of nitrogens with zero attached hydrogens (tertiary/aromatic N) is 1. The van der Waals surface area contributed by atoms with Crippen LogP contribution in [0.2, 0.25) is 0 Å². The summed E-state index contributed by atoms with van der Waals surface area (Å²) in [7, 11) is 5.12. The average molecular weight is 416 g/mol. The van der Waals surface area contributed by atoms with E-state index in [2.05, 4.69) is 10.6 Å². The molecule has 2 amide bonds. The van der Waals surface area contributed by atoms with Crippen LogP contribution >= 0.6 is 0 Å². The predicted octanol–water partition coefficient (Wildman–Crippen LogP) is 1.73. The van der Waals surface area contributed by atoms with Gasteiger partial charge in [-0.25, -0.2) is 0 Å². The third kappa shape index (κ3) is 8.70. The fraction of sp³-hybridized carbons (Fsp3) is 0.857. The van der Waals surface area contributed by atoms with Gasteiger partial charge in [0.05, 0.1) is 24.6 Å². The molecule has 0 aliphatic heterocycles. The lowest BCUT2D eigenvalue weighted by Crippen LogP contribution is -2.59. The number of nitrogens with one attached hydrogen (secondary N) is 2. The van der Waals surface area contributed by atoms with Crippen molar-refractivity contribution >= 4 is 17.8 Å². The number of amides is 2. The summed E-state index contributed by atoms with van der Waals surface area (Å²) < 4.78 is 5.38. The fourth-order valence-corrected chi connectivity index (χ4v) is 3.55. The Morgan fingerprint density at radius 3 is 1.86 bits per heavy atom. The molecule has 170 valence electrons. The number of hydrogen-bond donors (Lipinski definition) is 3. The van der Waals surface area contributed by atoms with Gasteiger partial charge in [0.25, 0.3) is 0 Å². The first-order valence-corrected chi connectivity index (χ1v) is 10.4. The second-order valence-corrected chi connectivity index (χ2v) is 8.67. The van der Waals surface area contributed by atoms with E-state index in [0.29, 0.717) is 0 Å². The minimum absolute atomic E-state index is 0.0111. The number of carboxylic acids is 1. The van der Waals surface area contributed by atoms with Crippen LogP contribution < -0.4 is 10.6 Å². The zero-order chi connectivity index (χ0) is 22.9. The first-order chi connectivity index (χ1) is 13.4. The first-order valence-electron chi connectivity index (χ1n) is 10.4. The van der Waals surface area contributed by atoms with E-state index in [4.69, 9.17) is 4.74 Å². The quantitative estimate of drug-likeness (QED) is 0.423. The van der Waals surface area contributed by atoms with E-state index in [0.717, 1.165) is 6.42 Å². The highest BCUT2D eigenvalue weighted by molar-refractivity contribution is 5.90. The van der Waals surface area contributed by atoms with E-state index in [9.17, 15) is 19.5 Å². The summed E-state index contributed by atoms with van der Waals surface area (Å²) in [5, 5.41) is 15.0. The highest BCUT2D eigenvalue weighted by atomic mass is 16.5. The van der Waals surface area contributed by atoms with Gasteiger partial charge in [-0.1, -0.05) is 48.0 Å². The van der Waals surface area contributed by atoms with E-state index in [1.807, 2.05) is 60.5 Å². The van der Waals surface area contributed by atoms with Crippen molar-refractivity contribution in [2.45, 2.75) is 78.6 Å². The molecule has 29 heavy (non-hydrogen) atoms. The number of carbonyl (C=O) groups is 3. The number of methoxy groups -OCH3 is 1. The predicted molar refractivity (Wildman–Crippen MR) is 114 cm³/mol. The van der Waals surface area contributed by atoms with Gasteiger partial charge in [0.15, 0.2) is 0 Å². The zero-order valence-electron chi connectivity index (χ0n) is 19.5. The smallest absolute Gasteiger partial charge is 0.306 e. The molecular formula is C21H41N3O5. The van der Waals surface area contributed by atoms with Crippen LogP contribution in [-0.4, -0.2) is 73.2 Å². The molecule has 0 spiro atoms. The molecule has 0 aromatic heterocycles. The Labute approximate surface area is 175 Å². The van der Waals surface area contributed by atoms with Gasteiger partial charge in [0.1, 0.15) is 6.04 Å². The molecule has 0 aromatic rings. The van der Waals surface area contributed by atoms with Crippen molar-refractivity contribution in [1.29, 1.82) is 0 Å². The summed E-state index contributed by atoms with van der Waals surface area (Å²) in [5.41, 5.74) is 0. The normalized spacial score (nSPS) is 17.0. The van der Waals surface area contributed by atoms with E-state index in [1.165, 1.54) is 7.11 Å². The second-order valence-electron chi connectivity index (χ2n) is 8.67. The maximum atomic E-state index is 13.1. The third-order valence-corrected chi connectivity index (χ3v) is 5.35. The molecule has 0 bridgehead atoms. The molecule has 8 heteroatoms. The van der Waals surface area contributed by atoms with Crippen molar-refractivity contribution < 1.29 is 24.2 Å². The minimum Gasteiger partial charge on any atom is -0.481 e. The Kier molecular flexibility index (Phi) is 12.1. The van der Waals surface area contributed by atoms with Crippen molar-refractivity contribution in [3.05, 3.63) is 0 Å². The molecular weight excluding hydrogens is 374 g/mol. The lowest BCUT2D eigenvalue weighted by atomic mass is 9.91. The summed E-state index contributed by atoms with van der Waals surface area (Å²) >= 11 is 0. The van der Waals surface area contributed by atoms with Crippen LogP contribution in [0, 0.1) is 17.8 Å². The topological polar surface area (TPSA) is 108 Å². The Morgan fingerprint density at radius 2 is 1.52 bits per heavy atom. The van der Waals surface area contributed by atoms with Gasteiger partial charge in [0, 0.05) is 7.11 Å². The van der Waals surface area contributed by atoms with Crippen LogP contribution in [0.3, 0.4) is 0 Å². The van der Waals surface area contributed by atoms with E-state index in [-0.39, 0.29) is 42.0 Å². The van der Waals surface area contributed by atoms with Gasteiger partial charge in [0.2, 0.25) is 11.8 Å². The van der Waals surface area contributed by atoms with Gasteiger partial charge < -0.3 is 20.5 Å². The number of rotatable bonds is 13. The molecule has 0 unspecified atom stereocenters. The van der Waals surface area contributed by atoms with E-state index < -0.39 is 24.2 Å². The molecule has 0 radical (unpaired) electrons. The summed E-state index contributed by atoms with van der Waals surface area (Å²) in [6.07, 6.45) is -0.111. The highest BCUT2D eigenvalue weighted by Crippen LogP contribution is 2.18. The van der Waals surface area contributed by atoms with Crippen LogP contribution in [0.25, 0.3) is 0 Å². The standard InChI is InChI=1S/C21H41N3O5/c1-10-14(6)18(15(29-9)11-16(25)26)23-20(27)17(12(2)3)22-21(28)19(13(4)5)24(7)8/h12-15,17-19H,10-11H2,1-9H3,(H,22,28)(H,23,27)(H,25,26)/t14-,15+,17-,18-,19-/m0/s1. The Bertz CT molecular complexity index is 528. The number of carboxylic acid groups (broad SMARTS) is 1. The third-order valence-electron chi connectivity index (χ3n) is 5.35. The zero-order valence-corrected chi connectivity index (χ0v) is 19.5. The van der Waals surface area contributed by atoms with Crippen LogP contribution in [0.5, 0.6) is 0 Å². The van der Waals surface area contributed by atoms with Crippen molar-refractivity contribution in [1.82, 2.24) is 15.5 Å². The van der Waals surface area contributed by atoms with Crippen molar-refractivity contribution in [3.63, 3.8) is 0 Å². The average Bonchev–Trinajstić information content (AvgIpc) is 2.60. The minimum atomic E-state index is -0.987. The maximum absolute atomic E-state index is 13.1. The summed E-state index contributed by atoms with van der Waals surface area (Å²) in [5.74, 6) is -1.55. The van der Waals surface area contributed by atoms with Crippen molar-refractivity contribution in [2.24, 2.45) is 17.8 Å². The summed E-state index contributed by atoms with van der Waals surface area (Å²) in [6.45, 7) is 11.6. The Balaban J connectivity index is 5.53. The number of carbonyl (C=O) groups excluding carboxylic acids is 2. The van der Waals surface area contributed by atoms with Crippen LogP contribution in [0.1, 0.15) is 54.4 Å². The number of hydrogen-bond acceptors (Lipinski definition) is 5. The van der Waals surface area contributed by atoms with Gasteiger partial charge in [-0.05, 0) is 31.8 Å². The Hall–Kier alpha value is -1.67. The molecule has 0 rings (SSSR count). The van der Waals surface area contributed by atoms with Gasteiger partial charge in [-0.15, -0.1) is 0 Å². The number of ether oxygens (including phenoxy) is 1. The molecule has 0 heterocycles. The van der Waals surface area contributed by atoms with Crippen LogP contribution in [-0.2, 0) is 19.1 Å². The monoisotopic (exact) mass is 415 g/mol. The van der Waals surface area contributed by atoms with E-state index >= 15 is 0 Å². The molecule has 3 N–H and O–H groups in total. The molecule has 0 aromatic carbocycles. The number of likely N-dealkylation sites (N-methyl/N-ethyl adjacent to an activating group) is 1. The molecule has 0 saturated heterocycles. The highest BCUT2D eigenvalue weighted by Gasteiger charge is 2.34.